The number of hydrogen-bond donors (Lipinski definition) is 0. The van der Waals surface area contributed by atoms with Gasteiger partial charge < -0.3 is 0 Å². The molecule has 0 aliphatic carbocycles. The van der Waals surface area contributed by atoms with Crippen molar-refractivity contribution in [3.05, 3.63) is 61.3 Å². The molecule has 0 amide bonds. The molecular weight excluding hydrogens is 304 g/mol. The molecule has 0 bridgehead atoms. The first-order chi connectivity index (χ1) is 11.1. The van der Waals surface area contributed by atoms with Gasteiger partial charge in [0, 0.05) is 0 Å². The van der Waals surface area contributed by atoms with Gasteiger partial charge in [0.1, 0.15) is 8.07 Å². The monoisotopic (exact) mass is 331 g/mol. The van der Waals surface area contributed by atoms with Crippen LogP contribution < -0.4 is 5.19 Å². The standard InChI is InChI=1S/C19H27O3Si/c1-5-8-9-10-11-16-21-22-19(20)17-12-14-18(15-13-17)23(4,6-2)7-3/h6-7,12-15H,1-3,5,8-11,16H2,4H3. The van der Waals surface area contributed by atoms with Gasteiger partial charge in [-0.15, -0.1) is 13.2 Å². The van der Waals surface area contributed by atoms with E-state index in [9.17, 15) is 4.79 Å². The zero-order valence-corrected chi connectivity index (χ0v) is 15.1. The van der Waals surface area contributed by atoms with Crippen molar-refractivity contribution in [1.82, 2.24) is 0 Å². The van der Waals surface area contributed by atoms with Crippen LogP contribution >= 0.6 is 0 Å². The Bertz CT molecular complexity index is 500. The van der Waals surface area contributed by atoms with Crippen LogP contribution in [0, 0.1) is 6.92 Å². The molecule has 0 fully saturated rings. The fourth-order valence-corrected chi connectivity index (χ4v) is 3.64. The van der Waals surface area contributed by atoms with Crippen molar-refractivity contribution in [2.75, 3.05) is 6.61 Å². The predicted octanol–water partition coefficient (Wildman–Crippen LogP) is 4.30. The summed E-state index contributed by atoms with van der Waals surface area (Å²) < 4.78 is 0. The second-order valence-electron chi connectivity index (χ2n) is 5.73. The zero-order chi connectivity index (χ0) is 17.1. The molecule has 3 nitrogen and oxygen atoms in total. The van der Waals surface area contributed by atoms with E-state index in [0.717, 1.165) is 37.3 Å². The minimum atomic E-state index is -1.84. The summed E-state index contributed by atoms with van der Waals surface area (Å²) in [5, 5.41) is 1.16. The summed E-state index contributed by atoms with van der Waals surface area (Å²) in [6, 6.07) is 7.39. The summed E-state index contributed by atoms with van der Waals surface area (Å²) in [5.74, 6) is -0.463. The van der Waals surface area contributed by atoms with Gasteiger partial charge in [-0.2, -0.15) is 4.89 Å². The third kappa shape index (κ3) is 6.16. The molecule has 0 aliphatic rings. The molecule has 0 aliphatic heterocycles. The van der Waals surface area contributed by atoms with E-state index >= 15 is 0 Å². The Kier molecular flexibility index (Phi) is 8.59. The Morgan fingerprint density at radius 2 is 1.70 bits per heavy atom. The molecule has 1 radical (unpaired) electrons. The Balaban J connectivity index is 2.43. The van der Waals surface area contributed by atoms with Crippen LogP contribution in [0.1, 0.15) is 42.5 Å². The molecule has 0 atom stereocenters. The molecule has 0 heterocycles. The largest absolute Gasteiger partial charge is 0.373 e. The number of rotatable bonds is 11. The Labute approximate surface area is 140 Å². The van der Waals surface area contributed by atoms with E-state index in [1.807, 2.05) is 23.5 Å². The lowest BCUT2D eigenvalue weighted by Gasteiger charge is -2.19. The number of hydrogen-bond acceptors (Lipinski definition) is 3. The van der Waals surface area contributed by atoms with Crippen LogP contribution in [0.2, 0.25) is 6.55 Å². The van der Waals surface area contributed by atoms with Crippen LogP contribution in [0.4, 0.5) is 0 Å². The number of unbranched alkanes of at least 4 members (excludes halogenated alkanes) is 4. The maximum absolute atomic E-state index is 11.9. The van der Waals surface area contributed by atoms with Crippen LogP contribution in [0.5, 0.6) is 0 Å². The van der Waals surface area contributed by atoms with E-state index in [2.05, 4.69) is 26.6 Å². The highest BCUT2D eigenvalue weighted by molar-refractivity contribution is 6.98. The molecular formula is C19H27O3Si. The van der Waals surface area contributed by atoms with Crippen molar-refractivity contribution in [2.24, 2.45) is 0 Å². The second-order valence-corrected chi connectivity index (χ2v) is 9.69. The van der Waals surface area contributed by atoms with Gasteiger partial charge in [-0.25, -0.2) is 4.79 Å². The van der Waals surface area contributed by atoms with Gasteiger partial charge in [0.2, 0.25) is 0 Å². The van der Waals surface area contributed by atoms with Crippen molar-refractivity contribution < 1.29 is 14.6 Å². The number of carbonyl (C=O) groups excluding carboxylic acids is 1. The normalized spacial score (nSPS) is 11.0. The highest BCUT2D eigenvalue weighted by Crippen LogP contribution is 2.09. The first-order valence-corrected chi connectivity index (χ1v) is 10.7. The molecule has 4 heteroatoms. The molecule has 0 unspecified atom stereocenters. The van der Waals surface area contributed by atoms with Crippen molar-refractivity contribution in [3.63, 3.8) is 0 Å². The van der Waals surface area contributed by atoms with Gasteiger partial charge in [0.05, 0.1) is 12.2 Å². The van der Waals surface area contributed by atoms with Crippen LogP contribution in [-0.2, 0) is 9.78 Å². The molecule has 0 N–H and O–H groups in total. The van der Waals surface area contributed by atoms with Gasteiger partial charge in [0.25, 0.3) is 0 Å². The van der Waals surface area contributed by atoms with Gasteiger partial charge >= 0.3 is 5.97 Å². The summed E-state index contributed by atoms with van der Waals surface area (Å²) in [6.07, 6.45) is 5.18. The molecule has 1 aromatic carbocycles. The predicted molar refractivity (Wildman–Crippen MR) is 97.9 cm³/mol. The summed E-state index contributed by atoms with van der Waals surface area (Å²) >= 11 is 0. The maximum atomic E-state index is 11.9. The zero-order valence-electron chi connectivity index (χ0n) is 14.1. The third-order valence-electron chi connectivity index (χ3n) is 3.95. The molecule has 23 heavy (non-hydrogen) atoms. The average Bonchev–Trinajstić information content (AvgIpc) is 2.60. The molecule has 125 valence electrons. The molecule has 0 saturated heterocycles. The Hall–Kier alpha value is -1.65. The van der Waals surface area contributed by atoms with Gasteiger partial charge in [-0.3, -0.25) is 4.89 Å². The fourth-order valence-electron chi connectivity index (χ4n) is 2.12. The average molecular weight is 332 g/mol. The summed E-state index contributed by atoms with van der Waals surface area (Å²) in [4.78, 5) is 21.7. The Morgan fingerprint density at radius 3 is 2.26 bits per heavy atom. The summed E-state index contributed by atoms with van der Waals surface area (Å²) in [7, 11) is -1.84. The first kappa shape index (κ1) is 19.4. The molecule has 0 aromatic heterocycles. The number of benzene rings is 1. The quantitative estimate of drug-likeness (QED) is 0.262. The van der Waals surface area contributed by atoms with Gasteiger partial charge in [0.15, 0.2) is 0 Å². The third-order valence-corrected chi connectivity index (χ3v) is 7.23. The van der Waals surface area contributed by atoms with E-state index in [1.54, 1.807) is 12.1 Å². The number of carbonyl (C=O) groups is 1. The van der Waals surface area contributed by atoms with E-state index in [-0.39, 0.29) is 0 Å². The van der Waals surface area contributed by atoms with Crippen LogP contribution in [0.3, 0.4) is 0 Å². The van der Waals surface area contributed by atoms with E-state index < -0.39 is 14.0 Å². The lowest BCUT2D eigenvalue weighted by atomic mass is 10.2. The van der Waals surface area contributed by atoms with E-state index in [4.69, 9.17) is 9.78 Å². The minimum Gasteiger partial charge on any atom is -0.293 e. The van der Waals surface area contributed by atoms with Crippen molar-refractivity contribution in [1.29, 1.82) is 0 Å². The minimum absolute atomic E-state index is 0.429. The van der Waals surface area contributed by atoms with Crippen LogP contribution in [0.25, 0.3) is 0 Å². The SMILES string of the molecule is [CH2]CCCCCCOOC(=O)c1ccc([Si](C)(C=C)C=C)cc1. The van der Waals surface area contributed by atoms with Crippen LogP contribution in [-0.4, -0.2) is 20.7 Å². The second kappa shape index (κ2) is 10.2. The van der Waals surface area contributed by atoms with E-state index in [0.29, 0.717) is 12.2 Å². The lowest BCUT2D eigenvalue weighted by molar-refractivity contribution is -0.241. The maximum Gasteiger partial charge on any atom is 0.373 e. The molecule has 1 rings (SSSR count). The fraction of sp³-hybridized carbons (Fsp3) is 0.368. The molecule has 1 aromatic rings. The Morgan fingerprint density at radius 1 is 1.09 bits per heavy atom. The van der Waals surface area contributed by atoms with Crippen molar-refractivity contribution in [3.8, 4) is 0 Å². The summed E-state index contributed by atoms with van der Waals surface area (Å²) in [5.41, 5.74) is 4.41. The molecule has 0 saturated carbocycles. The summed E-state index contributed by atoms with van der Waals surface area (Å²) in [6.45, 7) is 14.2. The van der Waals surface area contributed by atoms with Gasteiger partial charge in [-0.05, 0) is 18.6 Å². The van der Waals surface area contributed by atoms with Gasteiger partial charge in [-0.1, -0.05) is 67.9 Å². The lowest BCUT2D eigenvalue weighted by Crippen LogP contribution is -2.40. The van der Waals surface area contributed by atoms with Crippen molar-refractivity contribution >= 4 is 19.2 Å². The topological polar surface area (TPSA) is 35.5 Å². The van der Waals surface area contributed by atoms with Crippen LogP contribution in [0.15, 0.2) is 48.8 Å². The smallest absolute Gasteiger partial charge is 0.293 e. The molecule has 0 spiro atoms. The van der Waals surface area contributed by atoms with E-state index in [1.165, 1.54) is 0 Å². The highest BCUT2D eigenvalue weighted by atomic mass is 28.3. The van der Waals surface area contributed by atoms with Crippen molar-refractivity contribution in [2.45, 2.75) is 38.7 Å². The highest BCUT2D eigenvalue weighted by Gasteiger charge is 2.22. The first-order valence-electron chi connectivity index (χ1n) is 8.08.